The predicted molar refractivity (Wildman–Crippen MR) is 79.7 cm³/mol. The van der Waals surface area contributed by atoms with Crippen molar-refractivity contribution in [3.8, 4) is 11.5 Å². The minimum Gasteiger partial charge on any atom is -0.456 e. The van der Waals surface area contributed by atoms with E-state index in [1.165, 1.54) is 0 Å². The van der Waals surface area contributed by atoms with E-state index in [1.54, 1.807) is 0 Å². The van der Waals surface area contributed by atoms with Crippen LogP contribution in [0.15, 0.2) is 40.9 Å². The lowest BCUT2D eigenvalue weighted by molar-refractivity contribution is 0.470. The van der Waals surface area contributed by atoms with E-state index < -0.39 is 0 Å². The van der Waals surface area contributed by atoms with Crippen molar-refractivity contribution in [1.82, 2.24) is 0 Å². The van der Waals surface area contributed by atoms with Crippen LogP contribution >= 0.6 is 27.5 Å². The first-order chi connectivity index (χ1) is 8.61. The molecule has 0 saturated carbocycles. The topological polar surface area (TPSA) is 9.23 Å². The van der Waals surface area contributed by atoms with Crippen molar-refractivity contribution < 1.29 is 4.74 Å². The Kier molecular flexibility index (Phi) is 4.31. The molecule has 2 aromatic carbocycles. The van der Waals surface area contributed by atoms with Crippen LogP contribution in [0.1, 0.15) is 16.7 Å². The fourth-order valence-corrected chi connectivity index (χ4v) is 2.36. The minimum atomic E-state index is 0.438. The molecule has 0 saturated heterocycles. The van der Waals surface area contributed by atoms with E-state index in [4.69, 9.17) is 16.3 Å². The summed E-state index contributed by atoms with van der Waals surface area (Å²) in [4.78, 5) is 0. The highest BCUT2D eigenvalue weighted by molar-refractivity contribution is 9.10. The maximum Gasteiger partial charge on any atom is 0.133 e. The average molecular weight is 326 g/mol. The third-order valence-corrected chi connectivity index (χ3v) is 3.58. The SMILES string of the molecule is Cc1cccc(C)c1Oc1cc(Br)ccc1CCl. The minimum absolute atomic E-state index is 0.438. The first-order valence-corrected chi connectivity index (χ1v) is 7.03. The summed E-state index contributed by atoms with van der Waals surface area (Å²) >= 11 is 9.39. The highest BCUT2D eigenvalue weighted by atomic mass is 79.9. The van der Waals surface area contributed by atoms with Gasteiger partial charge in [-0.1, -0.05) is 40.2 Å². The fourth-order valence-electron chi connectivity index (χ4n) is 1.80. The van der Waals surface area contributed by atoms with E-state index in [-0.39, 0.29) is 0 Å². The Morgan fingerprint density at radius 2 is 1.78 bits per heavy atom. The van der Waals surface area contributed by atoms with Gasteiger partial charge < -0.3 is 4.74 Å². The second kappa shape index (κ2) is 5.77. The van der Waals surface area contributed by atoms with E-state index in [0.717, 1.165) is 32.7 Å². The maximum atomic E-state index is 6.03. The Morgan fingerprint density at radius 1 is 1.11 bits per heavy atom. The van der Waals surface area contributed by atoms with Gasteiger partial charge in [0.1, 0.15) is 11.5 Å². The smallest absolute Gasteiger partial charge is 0.133 e. The summed E-state index contributed by atoms with van der Waals surface area (Å²) in [6.45, 7) is 4.08. The first-order valence-electron chi connectivity index (χ1n) is 5.70. The van der Waals surface area contributed by atoms with Crippen molar-refractivity contribution >= 4 is 27.5 Å². The standard InChI is InChI=1S/C15H14BrClO/c1-10-4-3-5-11(2)15(10)18-14-8-13(16)7-6-12(14)9-17/h3-8H,9H2,1-2H3. The van der Waals surface area contributed by atoms with Gasteiger partial charge in [0.2, 0.25) is 0 Å². The number of halogens is 2. The number of rotatable bonds is 3. The molecule has 0 fully saturated rings. The zero-order chi connectivity index (χ0) is 13.1. The Balaban J connectivity index is 2.42. The number of ether oxygens (including phenoxy) is 1. The van der Waals surface area contributed by atoms with E-state index >= 15 is 0 Å². The molecule has 1 nitrogen and oxygen atoms in total. The summed E-state index contributed by atoms with van der Waals surface area (Å²) in [6.07, 6.45) is 0. The number of benzene rings is 2. The van der Waals surface area contributed by atoms with Gasteiger partial charge in [0.05, 0.1) is 5.88 Å². The van der Waals surface area contributed by atoms with Crippen LogP contribution in [0, 0.1) is 13.8 Å². The average Bonchev–Trinajstić information content (AvgIpc) is 2.34. The number of aryl methyl sites for hydroxylation is 2. The van der Waals surface area contributed by atoms with Crippen LogP contribution in [0.5, 0.6) is 11.5 Å². The third kappa shape index (κ3) is 2.88. The third-order valence-electron chi connectivity index (χ3n) is 2.79. The van der Waals surface area contributed by atoms with Gasteiger partial charge in [-0.2, -0.15) is 0 Å². The molecule has 0 bridgehead atoms. The molecule has 94 valence electrons. The highest BCUT2D eigenvalue weighted by Crippen LogP contribution is 2.33. The molecule has 0 aromatic heterocycles. The fraction of sp³-hybridized carbons (Fsp3) is 0.200. The van der Waals surface area contributed by atoms with Crippen LogP contribution in [0.4, 0.5) is 0 Å². The van der Waals surface area contributed by atoms with E-state index in [9.17, 15) is 0 Å². The Morgan fingerprint density at radius 3 is 2.39 bits per heavy atom. The lowest BCUT2D eigenvalue weighted by Gasteiger charge is -2.14. The molecule has 0 amide bonds. The van der Waals surface area contributed by atoms with Gasteiger partial charge in [-0.05, 0) is 37.1 Å². The van der Waals surface area contributed by atoms with Gasteiger partial charge in [-0.25, -0.2) is 0 Å². The van der Waals surface area contributed by atoms with Crippen LogP contribution in [-0.4, -0.2) is 0 Å². The van der Waals surface area contributed by atoms with Crippen LogP contribution in [0.2, 0.25) is 0 Å². The molecule has 2 rings (SSSR count). The van der Waals surface area contributed by atoms with Gasteiger partial charge in [-0.15, -0.1) is 11.6 Å². The second-order valence-corrected chi connectivity index (χ2v) is 5.39. The first kappa shape index (κ1) is 13.4. The molecule has 2 aromatic rings. The summed E-state index contributed by atoms with van der Waals surface area (Å²) in [6, 6.07) is 12.0. The molecule has 0 aliphatic carbocycles. The number of alkyl halides is 1. The zero-order valence-corrected chi connectivity index (χ0v) is 12.7. The Hall–Kier alpha value is -0.990. The van der Waals surface area contributed by atoms with Crippen LogP contribution < -0.4 is 4.74 Å². The second-order valence-electron chi connectivity index (χ2n) is 4.21. The van der Waals surface area contributed by atoms with E-state index in [0.29, 0.717) is 5.88 Å². The molecule has 0 heterocycles. The summed E-state index contributed by atoms with van der Waals surface area (Å²) in [5.74, 6) is 2.15. The maximum absolute atomic E-state index is 6.03. The van der Waals surface area contributed by atoms with Crippen molar-refractivity contribution in [2.24, 2.45) is 0 Å². The van der Waals surface area contributed by atoms with Crippen molar-refractivity contribution in [2.75, 3.05) is 0 Å². The quantitative estimate of drug-likeness (QED) is 0.668. The molecule has 3 heteroatoms. The van der Waals surface area contributed by atoms with E-state index in [1.807, 2.05) is 50.2 Å². The summed E-state index contributed by atoms with van der Waals surface area (Å²) < 4.78 is 7.01. The molecular weight excluding hydrogens is 312 g/mol. The van der Waals surface area contributed by atoms with Gasteiger partial charge in [-0.3, -0.25) is 0 Å². The van der Waals surface area contributed by atoms with Crippen molar-refractivity contribution in [3.63, 3.8) is 0 Å². The monoisotopic (exact) mass is 324 g/mol. The zero-order valence-electron chi connectivity index (χ0n) is 10.3. The molecule has 0 aliphatic heterocycles. The van der Waals surface area contributed by atoms with Crippen LogP contribution in [0.3, 0.4) is 0 Å². The Labute approximate surface area is 121 Å². The lowest BCUT2D eigenvalue weighted by Crippen LogP contribution is -1.94. The molecular formula is C15H14BrClO. The molecule has 0 aliphatic rings. The van der Waals surface area contributed by atoms with Crippen molar-refractivity contribution in [2.45, 2.75) is 19.7 Å². The number of hydrogen-bond donors (Lipinski definition) is 0. The molecule has 18 heavy (non-hydrogen) atoms. The number of hydrogen-bond acceptors (Lipinski definition) is 1. The van der Waals surface area contributed by atoms with Crippen molar-refractivity contribution in [1.29, 1.82) is 0 Å². The van der Waals surface area contributed by atoms with Gasteiger partial charge in [0.25, 0.3) is 0 Å². The normalized spacial score (nSPS) is 10.4. The number of para-hydroxylation sites is 1. The van der Waals surface area contributed by atoms with Gasteiger partial charge in [0.15, 0.2) is 0 Å². The largest absolute Gasteiger partial charge is 0.456 e. The summed E-state index contributed by atoms with van der Waals surface area (Å²) in [5.41, 5.74) is 3.23. The summed E-state index contributed by atoms with van der Waals surface area (Å²) in [5, 5.41) is 0. The molecule has 0 spiro atoms. The molecule has 0 unspecified atom stereocenters. The summed E-state index contributed by atoms with van der Waals surface area (Å²) in [7, 11) is 0. The van der Waals surface area contributed by atoms with Crippen LogP contribution in [0.25, 0.3) is 0 Å². The highest BCUT2D eigenvalue weighted by Gasteiger charge is 2.09. The van der Waals surface area contributed by atoms with Gasteiger partial charge in [0, 0.05) is 10.0 Å². The van der Waals surface area contributed by atoms with E-state index in [2.05, 4.69) is 15.9 Å². The molecule has 0 N–H and O–H groups in total. The predicted octanol–water partition coefficient (Wildman–Crippen LogP) is 5.60. The molecule has 0 radical (unpaired) electrons. The Bertz CT molecular complexity index is 546. The van der Waals surface area contributed by atoms with Crippen LogP contribution in [-0.2, 0) is 5.88 Å². The molecule has 0 atom stereocenters. The van der Waals surface area contributed by atoms with Crippen molar-refractivity contribution in [3.05, 3.63) is 57.6 Å². The lowest BCUT2D eigenvalue weighted by atomic mass is 10.1. The van der Waals surface area contributed by atoms with Gasteiger partial charge >= 0.3 is 0 Å².